The molecule has 8 heteroatoms. The second kappa shape index (κ2) is 11.4. The Balaban J connectivity index is 0.00000280. The number of aliphatic imine (C=N–C) groups is 1. The molecule has 28 heavy (non-hydrogen) atoms. The minimum absolute atomic E-state index is 0. The number of hydrogen-bond donors (Lipinski definition) is 1. The Morgan fingerprint density at radius 2 is 2.11 bits per heavy atom. The van der Waals surface area contributed by atoms with E-state index < -0.39 is 0 Å². The molecule has 2 fully saturated rings. The smallest absolute Gasteiger partial charge is 0.310 e. The number of carbonyl (C=O) groups excluding carboxylic acids is 1. The molecule has 3 rings (SSSR count). The van der Waals surface area contributed by atoms with Crippen molar-refractivity contribution in [3.8, 4) is 0 Å². The van der Waals surface area contributed by atoms with Gasteiger partial charge in [0.25, 0.3) is 0 Å². The second-order valence-corrected chi connectivity index (χ2v) is 7.15. The number of ether oxygens (including phenoxy) is 1. The van der Waals surface area contributed by atoms with Crippen molar-refractivity contribution in [3.63, 3.8) is 0 Å². The first-order chi connectivity index (χ1) is 13.2. The molecule has 2 aliphatic rings. The van der Waals surface area contributed by atoms with Crippen LogP contribution < -0.4 is 10.2 Å². The maximum absolute atomic E-state index is 12.1. The van der Waals surface area contributed by atoms with E-state index in [4.69, 9.17) is 4.74 Å². The van der Waals surface area contributed by atoms with Gasteiger partial charge in [0.2, 0.25) is 0 Å². The van der Waals surface area contributed by atoms with E-state index in [-0.39, 0.29) is 35.9 Å². The van der Waals surface area contributed by atoms with Crippen molar-refractivity contribution in [1.82, 2.24) is 15.2 Å². The summed E-state index contributed by atoms with van der Waals surface area (Å²) in [6.07, 6.45) is 6.22. The summed E-state index contributed by atoms with van der Waals surface area (Å²) < 4.78 is 5.20. The molecule has 2 aliphatic heterocycles. The highest BCUT2D eigenvalue weighted by atomic mass is 127. The fourth-order valence-corrected chi connectivity index (χ4v) is 3.83. The summed E-state index contributed by atoms with van der Waals surface area (Å²) in [6.45, 7) is 6.73. The van der Waals surface area contributed by atoms with E-state index in [0.717, 1.165) is 44.3 Å². The van der Waals surface area contributed by atoms with Crippen molar-refractivity contribution in [2.24, 2.45) is 10.9 Å². The number of carbonyl (C=O) groups is 1. The van der Waals surface area contributed by atoms with Gasteiger partial charge in [0.05, 0.1) is 12.5 Å². The lowest BCUT2D eigenvalue weighted by atomic mass is 9.98. The molecule has 0 radical (unpaired) electrons. The van der Waals surface area contributed by atoms with E-state index in [1.165, 1.54) is 18.4 Å². The molecule has 0 amide bonds. The Morgan fingerprint density at radius 1 is 1.32 bits per heavy atom. The minimum Gasteiger partial charge on any atom is -0.466 e. The van der Waals surface area contributed by atoms with Crippen LogP contribution in [0.5, 0.6) is 0 Å². The van der Waals surface area contributed by atoms with Gasteiger partial charge in [0, 0.05) is 46.0 Å². The Labute approximate surface area is 184 Å². The molecule has 0 bridgehead atoms. The lowest BCUT2D eigenvalue weighted by molar-refractivity contribution is -0.149. The molecule has 1 aromatic rings. The monoisotopic (exact) mass is 501 g/mol. The molecule has 2 saturated heterocycles. The number of aromatic nitrogens is 1. The number of halogens is 1. The van der Waals surface area contributed by atoms with Crippen molar-refractivity contribution < 1.29 is 9.53 Å². The number of guanidine groups is 1. The van der Waals surface area contributed by atoms with Crippen LogP contribution in [0.2, 0.25) is 0 Å². The van der Waals surface area contributed by atoms with E-state index in [1.54, 1.807) is 7.05 Å². The summed E-state index contributed by atoms with van der Waals surface area (Å²) in [5, 5.41) is 3.44. The van der Waals surface area contributed by atoms with Crippen LogP contribution in [0.25, 0.3) is 0 Å². The average Bonchev–Trinajstić information content (AvgIpc) is 3.24. The zero-order chi connectivity index (χ0) is 19.1. The normalized spacial score (nSPS) is 19.9. The first kappa shape index (κ1) is 22.7. The summed E-state index contributed by atoms with van der Waals surface area (Å²) in [4.78, 5) is 25.5. The summed E-state index contributed by atoms with van der Waals surface area (Å²) >= 11 is 0. The summed E-state index contributed by atoms with van der Waals surface area (Å²) in [5.74, 6) is 1.73. The van der Waals surface area contributed by atoms with Gasteiger partial charge in [-0.3, -0.25) is 9.79 Å². The Bertz CT molecular complexity index is 664. The standard InChI is InChI=1S/C20H31N5O2.HI/c1-3-27-19(26)17-7-6-12-25(15-17)20(21-2)23-14-16-8-9-22-18(13-16)24-10-4-5-11-24;/h8-9,13,17H,3-7,10-12,14-15H2,1-2H3,(H,21,23);1H. The van der Waals surface area contributed by atoms with Crippen LogP contribution in [0.4, 0.5) is 5.82 Å². The minimum atomic E-state index is -0.0953. The number of nitrogens with zero attached hydrogens (tertiary/aromatic N) is 4. The maximum atomic E-state index is 12.1. The number of nitrogens with one attached hydrogen (secondary N) is 1. The average molecular weight is 501 g/mol. The van der Waals surface area contributed by atoms with E-state index >= 15 is 0 Å². The molecule has 156 valence electrons. The fourth-order valence-electron chi connectivity index (χ4n) is 3.83. The van der Waals surface area contributed by atoms with Crippen LogP contribution in [0.15, 0.2) is 23.3 Å². The highest BCUT2D eigenvalue weighted by Crippen LogP contribution is 2.20. The Morgan fingerprint density at radius 3 is 2.82 bits per heavy atom. The molecular formula is C20H32IN5O2. The molecule has 1 unspecified atom stereocenters. The number of likely N-dealkylation sites (tertiary alicyclic amines) is 1. The molecule has 0 saturated carbocycles. The van der Waals surface area contributed by atoms with Gasteiger partial charge >= 0.3 is 5.97 Å². The van der Waals surface area contributed by atoms with Gasteiger partial charge in [0.15, 0.2) is 5.96 Å². The molecule has 7 nitrogen and oxygen atoms in total. The third kappa shape index (κ3) is 5.96. The molecule has 3 heterocycles. The third-order valence-electron chi connectivity index (χ3n) is 5.24. The van der Waals surface area contributed by atoms with E-state index in [0.29, 0.717) is 19.7 Å². The predicted octanol–water partition coefficient (Wildman–Crippen LogP) is 2.65. The van der Waals surface area contributed by atoms with Gasteiger partial charge in [0.1, 0.15) is 5.82 Å². The highest BCUT2D eigenvalue weighted by molar-refractivity contribution is 14.0. The van der Waals surface area contributed by atoms with Crippen LogP contribution >= 0.6 is 24.0 Å². The molecule has 1 aromatic heterocycles. The number of esters is 1. The summed E-state index contributed by atoms with van der Waals surface area (Å²) in [5.41, 5.74) is 1.19. The molecule has 0 aliphatic carbocycles. The number of rotatable bonds is 5. The Hall–Kier alpha value is -1.58. The van der Waals surface area contributed by atoms with E-state index in [9.17, 15) is 4.79 Å². The summed E-state index contributed by atoms with van der Waals surface area (Å²) in [7, 11) is 1.79. The van der Waals surface area contributed by atoms with Gasteiger partial charge in [-0.15, -0.1) is 24.0 Å². The third-order valence-corrected chi connectivity index (χ3v) is 5.24. The molecule has 1 N–H and O–H groups in total. The number of piperidine rings is 1. The first-order valence-electron chi connectivity index (χ1n) is 10.0. The maximum Gasteiger partial charge on any atom is 0.310 e. The highest BCUT2D eigenvalue weighted by Gasteiger charge is 2.28. The zero-order valence-corrected chi connectivity index (χ0v) is 19.2. The fraction of sp³-hybridized carbons (Fsp3) is 0.650. The van der Waals surface area contributed by atoms with Crippen LogP contribution in [0, 0.1) is 5.92 Å². The molecular weight excluding hydrogens is 469 g/mol. The topological polar surface area (TPSA) is 70.1 Å². The summed E-state index contributed by atoms with van der Waals surface area (Å²) in [6, 6.07) is 4.20. The van der Waals surface area contributed by atoms with Crippen LogP contribution in [-0.2, 0) is 16.1 Å². The number of anilines is 1. The van der Waals surface area contributed by atoms with Crippen LogP contribution in [-0.4, -0.2) is 61.6 Å². The zero-order valence-electron chi connectivity index (χ0n) is 16.9. The van der Waals surface area contributed by atoms with Crippen LogP contribution in [0.3, 0.4) is 0 Å². The number of pyridine rings is 1. The van der Waals surface area contributed by atoms with Crippen molar-refractivity contribution in [3.05, 3.63) is 23.9 Å². The molecule has 1 atom stereocenters. The van der Waals surface area contributed by atoms with Gasteiger partial charge in [-0.05, 0) is 50.3 Å². The number of hydrogen-bond acceptors (Lipinski definition) is 5. The largest absolute Gasteiger partial charge is 0.466 e. The van der Waals surface area contributed by atoms with Crippen molar-refractivity contribution in [2.45, 2.75) is 39.2 Å². The van der Waals surface area contributed by atoms with E-state index in [1.807, 2.05) is 19.2 Å². The van der Waals surface area contributed by atoms with Gasteiger partial charge in [-0.2, -0.15) is 0 Å². The predicted molar refractivity (Wildman–Crippen MR) is 122 cm³/mol. The quantitative estimate of drug-likeness (QED) is 0.290. The van der Waals surface area contributed by atoms with Crippen molar-refractivity contribution in [2.75, 3.05) is 44.7 Å². The van der Waals surface area contributed by atoms with Crippen LogP contribution in [0.1, 0.15) is 38.2 Å². The second-order valence-electron chi connectivity index (χ2n) is 7.15. The Kier molecular flexibility index (Phi) is 9.27. The van der Waals surface area contributed by atoms with Gasteiger partial charge in [-0.1, -0.05) is 0 Å². The molecule has 0 aromatic carbocycles. The lowest BCUT2D eigenvalue weighted by Gasteiger charge is -2.34. The van der Waals surface area contributed by atoms with Crippen molar-refractivity contribution >= 4 is 41.7 Å². The van der Waals surface area contributed by atoms with Gasteiger partial charge in [-0.25, -0.2) is 4.98 Å². The van der Waals surface area contributed by atoms with Gasteiger partial charge < -0.3 is 19.9 Å². The lowest BCUT2D eigenvalue weighted by Crippen LogP contribution is -2.48. The van der Waals surface area contributed by atoms with Crippen molar-refractivity contribution in [1.29, 1.82) is 0 Å². The SMILES string of the molecule is CCOC(=O)C1CCCN(C(=NC)NCc2ccnc(N3CCCC3)c2)C1.I. The first-order valence-corrected chi connectivity index (χ1v) is 10.0. The molecule has 0 spiro atoms. The van der Waals surface area contributed by atoms with E-state index in [2.05, 4.69) is 31.2 Å².